The zero-order valence-corrected chi connectivity index (χ0v) is 11.8. The Hall–Kier alpha value is -2.59. The summed E-state index contributed by atoms with van der Waals surface area (Å²) in [6, 6.07) is 14.5. The second-order valence-electron chi connectivity index (χ2n) is 4.50. The summed E-state index contributed by atoms with van der Waals surface area (Å²) in [5.74, 6) is -0.275. The Morgan fingerprint density at radius 3 is 2.71 bits per heavy atom. The number of benzene rings is 2. The summed E-state index contributed by atoms with van der Waals surface area (Å²) >= 11 is 5.78. The monoisotopic (exact) mass is 297 g/mol. The van der Waals surface area contributed by atoms with Crippen LogP contribution in [0.1, 0.15) is 15.9 Å². The molecule has 0 unspecified atom stereocenters. The van der Waals surface area contributed by atoms with Crippen LogP contribution < -0.4 is 5.43 Å². The Bertz CT molecular complexity index is 806. The number of hydrazone groups is 1. The normalized spacial score (nSPS) is 11.1. The summed E-state index contributed by atoms with van der Waals surface area (Å²) in [5, 5.41) is 5.63. The highest BCUT2D eigenvalue weighted by atomic mass is 35.5. The van der Waals surface area contributed by atoms with E-state index in [1.807, 2.05) is 30.5 Å². The van der Waals surface area contributed by atoms with Crippen LogP contribution in [0.2, 0.25) is 5.02 Å². The molecule has 0 aliphatic heterocycles. The molecule has 1 aromatic heterocycles. The molecule has 2 N–H and O–H groups in total. The maximum Gasteiger partial charge on any atom is 0.271 e. The van der Waals surface area contributed by atoms with E-state index in [1.165, 1.54) is 0 Å². The van der Waals surface area contributed by atoms with Crippen LogP contribution in [0.3, 0.4) is 0 Å². The topological polar surface area (TPSA) is 57.2 Å². The van der Waals surface area contributed by atoms with E-state index in [4.69, 9.17) is 11.6 Å². The SMILES string of the molecule is O=C(N/N=C\c1c[nH]c2ccccc12)c1ccc(Cl)cc1. The van der Waals surface area contributed by atoms with Crippen LogP contribution in [-0.4, -0.2) is 17.1 Å². The molecule has 104 valence electrons. The van der Waals surface area contributed by atoms with E-state index < -0.39 is 0 Å². The summed E-state index contributed by atoms with van der Waals surface area (Å²) in [6.45, 7) is 0. The van der Waals surface area contributed by atoms with Crippen LogP contribution in [0, 0.1) is 0 Å². The van der Waals surface area contributed by atoms with Gasteiger partial charge in [0.1, 0.15) is 0 Å². The maximum absolute atomic E-state index is 11.9. The van der Waals surface area contributed by atoms with Crippen LogP contribution >= 0.6 is 11.6 Å². The van der Waals surface area contributed by atoms with Crippen molar-refractivity contribution < 1.29 is 4.79 Å². The van der Waals surface area contributed by atoms with Gasteiger partial charge in [-0.3, -0.25) is 4.79 Å². The number of carbonyl (C=O) groups is 1. The number of carbonyl (C=O) groups excluding carboxylic acids is 1. The lowest BCUT2D eigenvalue weighted by molar-refractivity contribution is 0.0955. The second-order valence-corrected chi connectivity index (χ2v) is 4.93. The average Bonchev–Trinajstić information content (AvgIpc) is 2.91. The third kappa shape index (κ3) is 2.95. The summed E-state index contributed by atoms with van der Waals surface area (Å²) in [4.78, 5) is 15.0. The Morgan fingerprint density at radius 2 is 1.90 bits per heavy atom. The Balaban J connectivity index is 1.72. The van der Waals surface area contributed by atoms with E-state index in [-0.39, 0.29) is 5.91 Å². The number of fused-ring (bicyclic) bond motifs is 1. The number of halogens is 1. The molecular formula is C16H12ClN3O. The Kier molecular flexibility index (Phi) is 3.71. The molecule has 0 aliphatic rings. The fourth-order valence-corrected chi connectivity index (χ4v) is 2.15. The molecule has 3 aromatic rings. The van der Waals surface area contributed by atoms with Gasteiger partial charge < -0.3 is 4.98 Å². The van der Waals surface area contributed by atoms with Crippen molar-refractivity contribution in [3.8, 4) is 0 Å². The zero-order valence-electron chi connectivity index (χ0n) is 11.0. The fourth-order valence-electron chi connectivity index (χ4n) is 2.03. The smallest absolute Gasteiger partial charge is 0.271 e. The number of H-pyrrole nitrogens is 1. The summed E-state index contributed by atoms with van der Waals surface area (Å²) in [7, 11) is 0. The van der Waals surface area contributed by atoms with E-state index in [0.29, 0.717) is 10.6 Å². The van der Waals surface area contributed by atoms with Gasteiger partial charge in [-0.1, -0.05) is 29.8 Å². The minimum atomic E-state index is -0.275. The Labute approximate surface area is 126 Å². The molecule has 1 heterocycles. The molecule has 0 radical (unpaired) electrons. The molecule has 0 atom stereocenters. The third-order valence-corrected chi connectivity index (χ3v) is 3.35. The Morgan fingerprint density at radius 1 is 1.14 bits per heavy atom. The molecular weight excluding hydrogens is 286 g/mol. The highest BCUT2D eigenvalue weighted by molar-refractivity contribution is 6.30. The van der Waals surface area contributed by atoms with Crippen molar-refractivity contribution in [2.45, 2.75) is 0 Å². The first-order chi connectivity index (χ1) is 10.2. The summed E-state index contributed by atoms with van der Waals surface area (Å²) < 4.78 is 0. The lowest BCUT2D eigenvalue weighted by Gasteiger charge is -1.99. The van der Waals surface area contributed by atoms with Crippen molar-refractivity contribution >= 4 is 34.6 Å². The van der Waals surface area contributed by atoms with Crippen molar-refractivity contribution in [1.29, 1.82) is 0 Å². The second kappa shape index (κ2) is 5.81. The number of para-hydroxylation sites is 1. The largest absolute Gasteiger partial charge is 0.361 e. The van der Waals surface area contributed by atoms with E-state index in [2.05, 4.69) is 15.5 Å². The first-order valence-electron chi connectivity index (χ1n) is 6.39. The predicted molar refractivity (Wildman–Crippen MR) is 84.8 cm³/mol. The van der Waals surface area contributed by atoms with Crippen LogP contribution in [0.5, 0.6) is 0 Å². The first kappa shape index (κ1) is 13.4. The molecule has 3 rings (SSSR count). The number of rotatable bonds is 3. The van der Waals surface area contributed by atoms with Gasteiger partial charge in [0.05, 0.1) is 6.21 Å². The molecule has 1 amide bonds. The first-order valence-corrected chi connectivity index (χ1v) is 6.77. The average molecular weight is 298 g/mol. The number of aromatic nitrogens is 1. The van der Waals surface area contributed by atoms with Crippen molar-refractivity contribution in [2.75, 3.05) is 0 Å². The lowest BCUT2D eigenvalue weighted by Crippen LogP contribution is -2.17. The molecule has 21 heavy (non-hydrogen) atoms. The maximum atomic E-state index is 11.9. The molecule has 0 bridgehead atoms. The number of nitrogens with zero attached hydrogens (tertiary/aromatic N) is 1. The summed E-state index contributed by atoms with van der Waals surface area (Å²) in [5.41, 5.74) is 4.95. The zero-order chi connectivity index (χ0) is 14.7. The molecule has 0 aliphatic carbocycles. The molecule has 5 heteroatoms. The van der Waals surface area contributed by atoms with Crippen molar-refractivity contribution in [2.24, 2.45) is 5.10 Å². The minimum absolute atomic E-state index is 0.275. The van der Waals surface area contributed by atoms with E-state index in [9.17, 15) is 4.79 Å². The van der Waals surface area contributed by atoms with Gasteiger partial charge >= 0.3 is 0 Å². The molecule has 0 fully saturated rings. The van der Waals surface area contributed by atoms with Crippen LogP contribution in [0.15, 0.2) is 59.8 Å². The van der Waals surface area contributed by atoms with Gasteiger partial charge in [-0.25, -0.2) is 5.43 Å². The molecule has 4 nitrogen and oxygen atoms in total. The highest BCUT2D eigenvalue weighted by Gasteiger charge is 2.04. The molecule has 0 saturated carbocycles. The standard InChI is InChI=1S/C16H12ClN3O/c17-13-7-5-11(6-8-13)16(21)20-19-10-12-9-18-15-4-2-1-3-14(12)15/h1-10,18H,(H,20,21)/b19-10-. The van der Waals surface area contributed by atoms with Gasteiger partial charge in [-0.2, -0.15) is 5.10 Å². The number of amides is 1. The van der Waals surface area contributed by atoms with E-state index in [1.54, 1.807) is 30.5 Å². The van der Waals surface area contributed by atoms with Crippen molar-refractivity contribution in [3.05, 3.63) is 70.9 Å². The van der Waals surface area contributed by atoms with E-state index >= 15 is 0 Å². The van der Waals surface area contributed by atoms with Gasteiger partial charge in [0, 0.05) is 33.2 Å². The minimum Gasteiger partial charge on any atom is -0.361 e. The lowest BCUT2D eigenvalue weighted by atomic mass is 10.2. The van der Waals surface area contributed by atoms with Gasteiger partial charge in [-0.15, -0.1) is 0 Å². The molecule has 0 spiro atoms. The van der Waals surface area contributed by atoms with Crippen molar-refractivity contribution in [1.82, 2.24) is 10.4 Å². The molecule has 0 saturated heterocycles. The van der Waals surface area contributed by atoms with Gasteiger partial charge in [0.25, 0.3) is 5.91 Å². The van der Waals surface area contributed by atoms with Crippen LogP contribution in [0.25, 0.3) is 10.9 Å². The predicted octanol–water partition coefficient (Wildman–Crippen LogP) is 3.59. The fraction of sp³-hybridized carbons (Fsp3) is 0. The van der Waals surface area contributed by atoms with Crippen molar-refractivity contribution in [3.63, 3.8) is 0 Å². The van der Waals surface area contributed by atoms with E-state index in [0.717, 1.165) is 16.5 Å². The third-order valence-electron chi connectivity index (χ3n) is 3.10. The number of aromatic amines is 1. The molecule has 2 aromatic carbocycles. The van der Waals surface area contributed by atoms with Crippen LogP contribution in [-0.2, 0) is 0 Å². The number of hydrogen-bond acceptors (Lipinski definition) is 2. The van der Waals surface area contributed by atoms with Gasteiger partial charge in [0.2, 0.25) is 0 Å². The van der Waals surface area contributed by atoms with Gasteiger partial charge in [0.15, 0.2) is 0 Å². The highest BCUT2D eigenvalue weighted by Crippen LogP contribution is 2.15. The summed E-state index contributed by atoms with van der Waals surface area (Å²) in [6.07, 6.45) is 3.47. The van der Waals surface area contributed by atoms with Crippen LogP contribution in [0.4, 0.5) is 0 Å². The number of nitrogens with one attached hydrogen (secondary N) is 2. The quantitative estimate of drug-likeness (QED) is 0.563. The van der Waals surface area contributed by atoms with Gasteiger partial charge in [-0.05, 0) is 30.3 Å². The number of hydrogen-bond donors (Lipinski definition) is 2.